The van der Waals surface area contributed by atoms with E-state index < -0.39 is 17.8 Å². The van der Waals surface area contributed by atoms with Crippen molar-refractivity contribution in [2.24, 2.45) is 0 Å². The number of carbonyl (C=O) groups excluding carboxylic acids is 3. The summed E-state index contributed by atoms with van der Waals surface area (Å²) in [5.41, 5.74) is 1.21. The summed E-state index contributed by atoms with van der Waals surface area (Å²) in [6.07, 6.45) is 2.09. The Morgan fingerprint density at radius 2 is 1.52 bits per heavy atom. The van der Waals surface area contributed by atoms with Crippen molar-refractivity contribution in [3.05, 3.63) is 83.9 Å². The molecule has 0 bridgehead atoms. The number of benzene rings is 2. The molecule has 0 radical (unpaired) electrons. The summed E-state index contributed by atoms with van der Waals surface area (Å²) in [6, 6.07) is 17.7. The Balaban J connectivity index is 2.24. The molecule has 5 nitrogen and oxygen atoms in total. The molecule has 0 saturated carbocycles. The smallest absolute Gasteiger partial charge is 0.330 e. The summed E-state index contributed by atoms with van der Waals surface area (Å²) >= 11 is 0. The van der Waals surface area contributed by atoms with Crippen LogP contribution < -0.4 is 0 Å². The summed E-state index contributed by atoms with van der Waals surface area (Å²) in [7, 11) is 0. The van der Waals surface area contributed by atoms with E-state index in [-0.39, 0.29) is 13.2 Å². The van der Waals surface area contributed by atoms with Crippen LogP contribution in [0.25, 0.3) is 0 Å². The zero-order chi connectivity index (χ0) is 18.1. The molecule has 0 aliphatic heterocycles. The Hall–Kier alpha value is -3.21. The van der Waals surface area contributed by atoms with Crippen molar-refractivity contribution in [1.29, 1.82) is 0 Å². The molecular formula is C20H19NO4. The number of imide groups is 1. The van der Waals surface area contributed by atoms with Gasteiger partial charge in [0.1, 0.15) is 0 Å². The molecule has 2 rings (SSSR count). The van der Waals surface area contributed by atoms with Crippen LogP contribution in [-0.4, -0.2) is 29.3 Å². The van der Waals surface area contributed by atoms with E-state index in [0.29, 0.717) is 5.56 Å². The van der Waals surface area contributed by atoms with E-state index in [1.165, 1.54) is 0 Å². The number of nitrogens with zero attached hydrogens (tertiary/aromatic N) is 1. The molecule has 5 heteroatoms. The van der Waals surface area contributed by atoms with Crippen LogP contribution in [0, 0.1) is 0 Å². The van der Waals surface area contributed by atoms with E-state index >= 15 is 0 Å². The Bertz CT molecular complexity index is 754. The molecule has 128 valence electrons. The van der Waals surface area contributed by atoms with Crippen molar-refractivity contribution in [3.8, 4) is 0 Å². The fraction of sp³-hybridized carbons (Fsp3) is 0.150. The lowest BCUT2D eigenvalue weighted by Crippen LogP contribution is -2.35. The van der Waals surface area contributed by atoms with Crippen LogP contribution in [-0.2, 0) is 20.9 Å². The van der Waals surface area contributed by atoms with Crippen LogP contribution in [0.15, 0.2) is 72.8 Å². The second kappa shape index (κ2) is 9.17. The third-order valence-corrected chi connectivity index (χ3v) is 3.36. The summed E-state index contributed by atoms with van der Waals surface area (Å²) in [5, 5.41) is 0. The molecule has 0 aromatic heterocycles. The molecule has 2 amide bonds. The Labute approximate surface area is 146 Å². The van der Waals surface area contributed by atoms with Crippen molar-refractivity contribution in [1.82, 2.24) is 4.90 Å². The summed E-state index contributed by atoms with van der Waals surface area (Å²) in [6.45, 7) is 2.00. The average Bonchev–Trinajstić information content (AvgIpc) is 2.65. The first kappa shape index (κ1) is 18.1. The van der Waals surface area contributed by atoms with Crippen molar-refractivity contribution in [2.45, 2.75) is 13.5 Å². The summed E-state index contributed by atoms with van der Waals surface area (Å²) in [4.78, 5) is 37.7. The Morgan fingerprint density at radius 1 is 0.920 bits per heavy atom. The fourth-order valence-corrected chi connectivity index (χ4v) is 2.17. The molecule has 0 saturated heterocycles. The van der Waals surface area contributed by atoms with E-state index in [4.69, 9.17) is 4.74 Å². The average molecular weight is 337 g/mol. The van der Waals surface area contributed by atoms with E-state index in [1.807, 2.05) is 30.3 Å². The molecule has 25 heavy (non-hydrogen) atoms. The zero-order valence-electron chi connectivity index (χ0n) is 13.9. The number of carbonyl (C=O) groups is 3. The number of hydrogen-bond donors (Lipinski definition) is 0. The van der Waals surface area contributed by atoms with Crippen LogP contribution in [0.4, 0.5) is 0 Å². The van der Waals surface area contributed by atoms with Gasteiger partial charge in [-0.15, -0.1) is 0 Å². The topological polar surface area (TPSA) is 63.7 Å². The largest absolute Gasteiger partial charge is 0.463 e. The highest BCUT2D eigenvalue weighted by Gasteiger charge is 2.21. The van der Waals surface area contributed by atoms with Crippen LogP contribution in [0.3, 0.4) is 0 Å². The van der Waals surface area contributed by atoms with Crippen molar-refractivity contribution >= 4 is 17.8 Å². The van der Waals surface area contributed by atoms with Gasteiger partial charge in [0.15, 0.2) is 0 Å². The number of rotatable bonds is 6. The molecule has 2 aromatic carbocycles. The molecule has 0 unspecified atom stereocenters. The highest BCUT2D eigenvalue weighted by Crippen LogP contribution is 2.11. The first-order valence-corrected chi connectivity index (χ1v) is 7.91. The normalized spacial score (nSPS) is 10.4. The standard InChI is InChI=1S/C20H19NO4/c1-2-25-19(23)14-13-18(22)21(15-16-9-5-3-6-10-16)20(24)17-11-7-4-8-12-17/h3-14H,2,15H2,1H3/b14-13-. The van der Waals surface area contributed by atoms with Gasteiger partial charge in [-0.05, 0) is 24.6 Å². The number of hydrogen-bond acceptors (Lipinski definition) is 4. The van der Waals surface area contributed by atoms with E-state index in [0.717, 1.165) is 22.6 Å². The molecule has 0 aliphatic carbocycles. The molecule has 0 spiro atoms. The molecule has 0 atom stereocenters. The van der Waals surface area contributed by atoms with Crippen LogP contribution in [0.2, 0.25) is 0 Å². The lowest BCUT2D eigenvalue weighted by atomic mass is 10.1. The minimum Gasteiger partial charge on any atom is -0.463 e. The third-order valence-electron chi connectivity index (χ3n) is 3.36. The summed E-state index contributed by atoms with van der Waals surface area (Å²) < 4.78 is 4.75. The van der Waals surface area contributed by atoms with E-state index in [9.17, 15) is 14.4 Å². The predicted molar refractivity (Wildman–Crippen MR) is 93.5 cm³/mol. The van der Waals surface area contributed by atoms with Gasteiger partial charge in [0.25, 0.3) is 11.8 Å². The second-order valence-electron chi connectivity index (χ2n) is 5.17. The quantitative estimate of drug-likeness (QED) is 0.600. The first-order chi connectivity index (χ1) is 12.1. The van der Waals surface area contributed by atoms with Crippen molar-refractivity contribution < 1.29 is 19.1 Å². The Morgan fingerprint density at radius 3 is 2.12 bits per heavy atom. The lowest BCUT2D eigenvalue weighted by Gasteiger charge is -2.19. The minimum absolute atomic E-state index is 0.112. The summed E-state index contributed by atoms with van der Waals surface area (Å²) in [5.74, 6) is -1.63. The highest BCUT2D eigenvalue weighted by atomic mass is 16.5. The number of ether oxygens (including phenoxy) is 1. The van der Waals surface area contributed by atoms with Gasteiger partial charge in [-0.1, -0.05) is 48.5 Å². The first-order valence-electron chi connectivity index (χ1n) is 7.91. The van der Waals surface area contributed by atoms with Gasteiger partial charge in [-0.3, -0.25) is 14.5 Å². The molecule has 0 fully saturated rings. The third kappa shape index (κ3) is 5.42. The predicted octanol–water partition coefficient (Wildman–Crippen LogP) is 2.97. The molecular weight excluding hydrogens is 318 g/mol. The van der Waals surface area contributed by atoms with E-state index in [1.54, 1.807) is 37.3 Å². The molecule has 0 heterocycles. The minimum atomic E-state index is -0.623. The SMILES string of the molecule is CCOC(=O)/C=C\C(=O)N(Cc1ccccc1)C(=O)c1ccccc1. The van der Waals surface area contributed by atoms with Gasteiger partial charge in [-0.25, -0.2) is 4.79 Å². The molecule has 2 aromatic rings. The number of esters is 1. The molecule has 0 aliphatic rings. The lowest BCUT2D eigenvalue weighted by molar-refractivity contribution is -0.137. The van der Waals surface area contributed by atoms with Crippen molar-refractivity contribution in [3.63, 3.8) is 0 Å². The fourth-order valence-electron chi connectivity index (χ4n) is 2.17. The maximum absolute atomic E-state index is 12.7. The van der Waals surface area contributed by atoms with Gasteiger partial charge in [0, 0.05) is 17.7 Å². The second-order valence-corrected chi connectivity index (χ2v) is 5.17. The van der Waals surface area contributed by atoms with Crippen LogP contribution in [0.1, 0.15) is 22.8 Å². The number of amides is 2. The van der Waals surface area contributed by atoms with Gasteiger partial charge < -0.3 is 4.74 Å². The van der Waals surface area contributed by atoms with Gasteiger partial charge in [0.2, 0.25) is 0 Å². The van der Waals surface area contributed by atoms with Gasteiger partial charge >= 0.3 is 5.97 Å². The van der Waals surface area contributed by atoms with Gasteiger partial charge in [0.05, 0.1) is 13.2 Å². The van der Waals surface area contributed by atoms with Crippen LogP contribution in [0.5, 0.6) is 0 Å². The van der Waals surface area contributed by atoms with Crippen molar-refractivity contribution in [2.75, 3.05) is 6.61 Å². The van der Waals surface area contributed by atoms with Gasteiger partial charge in [-0.2, -0.15) is 0 Å². The molecule has 0 N–H and O–H groups in total. The zero-order valence-corrected chi connectivity index (χ0v) is 13.9. The maximum atomic E-state index is 12.7. The van der Waals surface area contributed by atoms with Crippen LogP contribution >= 0.6 is 0 Å². The Kier molecular flexibility index (Phi) is 6.65. The monoisotopic (exact) mass is 337 g/mol. The highest BCUT2D eigenvalue weighted by molar-refractivity contribution is 6.09. The maximum Gasteiger partial charge on any atom is 0.330 e. The van der Waals surface area contributed by atoms with E-state index in [2.05, 4.69) is 0 Å².